The average molecular weight is 390 g/mol. The quantitative estimate of drug-likeness (QED) is 0.529. The van der Waals surface area contributed by atoms with Crippen molar-refractivity contribution in [2.45, 2.75) is 26.4 Å². The van der Waals surface area contributed by atoms with Gasteiger partial charge >= 0.3 is 5.97 Å². The van der Waals surface area contributed by atoms with Crippen molar-refractivity contribution in [3.05, 3.63) is 29.3 Å². The molecule has 1 atom stereocenters. The smallest absolute Gasteiger partial charge is 0.331 e. The molecular formula is C20H26N2O6. The van der Waals surface area contributed by atoms with Crippen LogP contribution in [0.2, 0.25) is 0 Å². The molecule has 1 aromatic carbocycles. The molecule has 1 heterocycles. The Balaban J connectivity index is 1.92. The fourth-order valence-corrected chi connectivity index (χ4v) is 2.59. The van der Waals surface area contributed by atoms with E-state index in [1.165, 1.54) is 11.0 Å². The lowest BCUT2D eigenvalue weighted by atomic mass is 10.1. The monoisotopic (exact) mass is 390 g/mol. The van der Waals surface area contributed by atoms with Crippen molar-refractivity contribution in [2.75, 3.05) is 33.9 Å². The third kappa shape index (κ3) is 6.00. The van der Waals surface area contributed by atoms with Crippen LogP contribution in [0.25, 0.3) is 6.08 Å². The predicted molar refractivity (Wildman–Crippen MR) is 103 cm³/mol. The Labute approximate surface area is 164 Å². The summed E-state index contributed by atoms with van der Waals surface area (Å²) in [5, 5.41) is 2.38. The Morgan fingerprint density at radius 3 is 2.75 bits per heavy atom. The molecule has 0 radical (unpaired) electrons. The lowest BCUT2D eigenvalue weighted by molar-refractivity contribution is -0.144. The van der Waals surface area contributed by atoms with Crippen LogP contribution in [0.1, 0.15) is 25.0 Å². The van der Waals surface area contributed by atoms with E-state index in [0.717, 1.165) is 17.7 Å². The summed E-state index contributed by atoms with van der Waals surface area (Å²) < 4.78 is 16.3. The van der Waals surface area contributed by atoms with Gasteiger partial charge in [-0.05, 0) is 32.1 Å². The SMILES string of the molecule is CCOc1cc2c(cc1/C=C/C(=O)OCC(=O)NCC(=O)N(C)C)O[C@@H](C)C2. The zero-order valence-electron chi connectivity index (χ0n) is 16.6. The van der Waals surface area contributed by atoms with E-state index in [9.17, 15) is 14.4 Å². The van der Waals surface area contributed by atoms with Gasteiger partial charge in [0, 0.05) is 37.7 Å². The molecule has 0 saturated heterocycles. The van der Waals surface area contributed by atoms with Gasteiger partial charge in [0.2, 0.25) is 5.91 Å². The number of benzene rings is 1. The molecule has 0 spiro atoms. The average Bonchev–Trinajstić information content (AvgIpc) is 3.01. The van der Waals surface area contributed by atoms with Crippen LogP contribution in [0.15, 0.2) is 18.2 Å². The summed E-state index contributed by atoms with van der Waals surface area (Å²) in [5.74, 6) is -0.0498. The standard InChI is InChI=1S/C20H26N2O6/c1-5-26-16-10-15-8-13(2)28-17(15)9-14(16)6-7-20(25)27-12-18(23)21-11-19(24)22(3)4/h6-7,9-10,13H,5,8,11-12H2,1-4H3,(H,21,23)/b7-6+/t13-/m0/s1. The molecule has 0 saturated carbocycles. The van der Waals surface area contributed by atoms with E-state index in [4.69, 9.17) is 14.2 Å². The maximum atomic E-state index is 11.9. The molecule has 8 heteroatoms. The van der Waals surface area contributed by atoms with Gasteiger partial charge in [0.05, 0.1) is 13.2 Å². The number of amides is 2. The van der Waals surface area contributed by atoms with Crippen LogP contribution in [-0.4, -0.2) is 62.6 Å². The maximum Gasteiger partial charge on any atom is 0.331 e. The third-order valence-electron chi connectivity index (χ3n) is 4.01. The van der Waals surface area contributed by atoms with Gasteiger partial charge in [0.1, 0.15) is 17.6 Å². The first-order valence-electron chi connectivity index (χ1n) is 9.08. The van der Waals surface area contributed by atoms with Gasteiger partial charge in [0.15, 0.2) is 6.61 Å². The van der Waals surface area contributed by atoms with Crippen molar-refractivity contribution in [3.8, 4) is 11.5 Å². The van der Waals surface area contributed by atoms with Crippen molar-refractivity contribution in [3.63, 3.8) is 0 Å². The summed E-state index contributed by atoms with van der Waals surface area (Å²) >= 11 is 0. The molecule has 0 aromatic heterocycles. The minimum Gasteiger partial charge on any atom is -0.493 e. The van der Waals surface area contributed by atoms with E-state index in [1.807, 2.05) is 26.0 Å². The van der Waals surface area contributed by atoms with Crippen molar-refractivity contribution in [1.82, 2.24) is 10.2 Å². The molecule has 1 aliphatic heterocycles. The number of esters is 1. The molecule has 1 aromatic rings. The van der Waals surface area contributed by atoms with Crippen LogP contribution in [0.5, 0.6) is 11.5 Å². The van der Waals surface area contributed by atoms with Crippen LogP contribution in [0, 0.1) is 0 Å². The number of ether oxygens (including phenoxy) is 3. The van der Waals surface area contributed by atoms with Crippen LogP contribution in [0.3, 0.4) is 0 Å². The Hall–Kier alpha value is -3.03. The molecule has 2 rings (SSSR count). The number of fused-ring (bicyclic) bond motifs is 1. The first kappa shape index (κ1) is 21.3. The molecule has 28 heavy (non-hydrogen) atoms. The molecule has 0 bridgehead atoms. The Morgan fingerprint density at radius 2 is 2.07 bits per heavy atom. The highest BCUT2D eigenvalue weighted by atomic mass is 16.5. The second kappa shape index (κ2) is 9.77. The van der Waals surface area contributed by atoms with Gasteiger partial charge in [-0.15, -0.1) is 0 Å². The molecule has 0 unspecified atom stereocenters. The largest absolute Gasteiger partial charge is 0.493 e. The second-order valence-electron chi connectivity index (χ2n) is 6.57. The number of carbonyl (C=O) groups is 3. The van der Waals surface area contributed by atoms with Crippen molar-refractivity contribution < 1.29 is 28.6 Å². The normalized spacial score (nSPS) is 14.9. The minimum atomic E-state index is -0.675. The number of carbonyl (C=O) groups excluding carboxylic acids is 3. The molecule has 152 valence electrons. The Kier molecular flexibility index (Phi) is 7.43. The zero-order valence-corrected chi connectivity index (χ0v) is 16.6. The summed E-state index contributed by atoms with van der Waals surface area (Å²) in [4.78, 5) is 36.3. The van der Waals surface area contributed by atoms with Crippen molar-refractivity contribution >= 4 is 23.9 Å². The second-order valence-corrected chi connectivity index (χ2v) is 6.57. The van der Waals surface area contributed by atoms with E-state index in [1.54, 1.807) is 20.2 Å². The summed E-state index contributed by atoms with van der Waals surface area (Å²) in [7, 11) is 3.17. The zero-order chi connectivity index (χ0) is 20.7. The topological polar surface area (TPSA) is 94.2 Å². The number of likely N-dealkylation sites (N-methyl/N-ethyl adjacent to an activating group) is 1. The van der Waals surface area contributed by atoms with Gasteiger partial charge < -0.3 is 24.4 Å². The summed E-state index contributed by atoms with van der Waals surface area (Å²) in [6, 6.07) is 3.75. The highest BCUT2D eigenvalue weighted by Gasteiger charge is 2.21. The highest BCUT2D eigenvalue weighted by molar-refractivity contribution is 5.90. The first-order valence-corrected chi connectivity index (χ1v) is 9.08. The molecule has 8 nitrogen and oxygen atoms in total. The summed E-state index contributed by atoms with van der Waals surface area (Å²) in [6.07, 6.45) is 3.70. The number of nitrogens with one attached hydrogen (secondary N) is 1. The van der Waals surface area contributed by atoms with Crippen LogP contribution < -0.4 is 14.8 Å². The number of hydrogen-bond acceptors (Lipinski definition) is 6. The van der Waals surface area contributed by atoms with Crippen molar-refractivity contribution in [1.29, 1.82) is 0 Å². The minimum absolute atomic E-state index is 0.103. The fourth-order valence-electron chi connectivity index (χ4n) is 2.59. The lowest BCUT2D eigenvalue weighted by Crippen LogP contribution is -2.38. The van der Waals surface area contributed by atoms with E-state index in [0.29, 0.717) is 17.9 Å². The van der Waals surface area contributed by atoms with Crippen molar-refractivity contribution in [2.24, 2.45) is 0 Å². The summed E-state index contributed by atoms with van der Waals surface area (Å²) in [6.45, 7) is 3.75. The lowest BCUT2D eigenvalue weighted by Gasteiger charge is -2.11. The van der Waals surface area contributed by atoms with Crippen LogP contribution in [-0.2, 0) is 25.5 Å². The van der Waals surface area contributed by atoms with Crippen LogP contribution in [0.4, 0.5) is 0 Å². The molecule has 2 amide bonds. The Bertz CT molecular complexity index is 772. The van der Waals surface area contributed by atoms with E-state index < -0.39 is 18.5 Å². The molecule has 0 fully saturated rings. The van der Waals surface area contributed by atoms with Gasteiger partial charge in [-0.1, -0.05) is 0 Å². The van der Waals surface area contributed by atoms with E-state index >= 15 is 0 Å². The third-order valence-corrected chi connectivity index (χ3v) is 4.01. The van der Waals surface area contributed by atoms with Gasteiger partial charge in [-0.2, -0.15) is 0 Å². The number of hydrogen-bond donors (Lipinski definition) is 1. The van der Waals surface area contributed by atoms with Gasteiger partial charge in [0.25, 0.3) is 5.91 Å². The first-order chi connectivity index (χ1) is 13.3. The van der Waals surface area contributed by atoms with E-state index in [2.05, 4.69) is 5.32 Å². The maximum absolute atomic E-state index is 11.9. The number of nitrogens with zero attached hydrogens (tertiary/aromatic N) is 1. The summed E-state index contributed by atoms with van der Waals surface area (Å²) in [5.41, 5.74) is 1.76. The number of rotatable bonds is 8. The van der Waals surface area contributed by atoms with Gasteiger partial charge in [-0.3, -0.25) is 9.59 Å². The molecule has 1 N–H and O–H groups in total. The highest BCUT2D eigenvalue weighted by Crippen LogP contribution is 2.35. The van der Waals surface area contributed by atoms with E-state index in [-0.39, 0.29) is 18.6 Å². The Morgan fingerprint density at radius 1 is 1.32 bits per heavy atom. The molecule has 0 aliphatic carbocycles. The fraction of sp³-hybridized carbons (Fsp3) is 0.450. The molecule has 1 aliphatic rings. The molecular weight excluding hydrogens is 364 g/mol. The van der Waals surface area contributed by atoms with Gasteiger partial charge in [-0.25, -0.2) is 4.79 Å². The predicted octanol–water partition coefficient (Wildman–Crippen LogP) is 1.17. The van der Waals surface area contributed by atoms with Crippen LogP contribution >= 0.6 is 0 Å².